The summed E-state index contributed by atoms with van der Waals surface area (Å²) in [5.41, 5.74) is -0.274. The van der Waals surface area contributed by atoms with Crippen molar-refractivity contribution in [3.63, 3.8) is 0 Å². The molecule has 7 nitrogen and oxygen atoms in total. The fourth-order valence-corrected chi connectivity index (χ4v) is 3.06. The normalized spacial score (nSPS) is 14.4. The quantitative estimate of drug-likeness (QED) is 0.488. The lowest BCUT2D eigenvalue weighted by Gasteiger charge is -2.24. The van der Waals surface area contributed by atoms with E-state index in [0.717, 1.165) is 36.0 Å². The highest BCUT2D eigenvalue weighted by atomic mass is 16.3. The molecule has 150 valence electrons. The standard InChI is InChI=1S/C20H33N5O2/c1-7-21-19(23-11-18-22-8-9-25(18)12-14(2)3)24-13-20(6,26)17-10-15(4)27-16(17)5/h8-10,14,26H,7,11-13H2,1-6H3,(H2,21,23,24). The molecule has 1 unspecified atom stereocenters. The van der Waals surface area contributed by atoms with E-state index in [1.807, 2.05) is 39.2 Å². The number of guanidine groups is 1. The summed E-state index contributed by atoms with van der Waals surface area (Å²) < 4.78 is 7.68. The van der Waals surface area contributed by atoms with Crippen LogP contribution >= 0.6 is 0 Å². The Morgan fingerprint density at radius 1 is 1.37 bits per heavy atom. The van der Waals surface area contributed by atoms with Crippen molar-refractivity contribution in [2.75, 3.05) is 13.1 Å². The highest BCUT2D eigenvalue weighted by Crippen LogP contribution is 2.26. The van der Waals surface area contributed by atoms with E-state index in [1.165, 1.54) is 0 Å². The van der Waals surface area contributed by atoms with E-state index in [2.05, 4.69) is 39.0 Å². The molecule has 0 radical (unpaired) electrons. The number of furan rings is 1. The third-order valence-electron chi connectivity index (χ3n) is 4.31. The lowest BCUT2D eigenvalue weighted by atomic mass is 9.96. The molecule has 0 amide bonds. The number of aromatic nitrogens is 2. The van der Waals surface area contributed by atoms with Gasteiger partial charge in [0.05, 0.1) is 6.54 Å². The van der Waals surface area contributed by atoms with Crippen molar-refractivity contribution in [1.29, 1.82) is 0 Å². The Labute approximate surface area is 161 Å². The van der Waals surface area contributed by atoms with Crippen LogP contribution < -0.4 is 10.6 Å². The second-order valence-electron chi connectivity index (χ2n) is 7.54. The van der Waals surface area contributed by atoms with Crippen LogP contribution in [-0.2, 0) is 18.7 Å². The van der Waals surface area contributed by atoms with Gasteiger partial charge in [-0.1, -0.05) is 13.8 Å². The van der Waals surface area contributed by atoms with Crippen LogP contribution in [0.2, 0.25) is 0 Å². The summed E-state index contributed by atoms with van der Waals surface area (Å²) in [5, 5.41) is 17.3. The van der Waals surface area contributed by atoms with Gasteiger partial charge in [0, 0.05) is 31.0 Å². The van der Waals surface area contributed by atoms with Crippen LogP contribution in [0.15, 0.2) is 27.9 Å². The van der Waals surface area contributed by atoms with Gasteiger partial charge in [0.15, 0.2) is 5.96 Å². The van der Waals surface area contributed by atoms with Crippen LogP contribution in [0.5, 0.6) is 0 Å². The van der Waals surface area contributed by atoms with E-state index in [0.29, 0.717) is 25.0 Å². The maximum Gasteiger partial charge on any atom is 0.191 e. The molecule has 0 aliphatic carbocycles. The lowest BCUT2D eigenvalue weighted by molar-refractivity contribution is 0.0601. The molecule has 0 fully saturated rings. The van der Waals surface area contributed by atoms with Gasteiger partial charge in [-0.15, -0.1) is 0 Å². The molecule has 2 rings (SSSR count). The molecular formula is C20H33N5O2. The number of aliphatic imine (C=N–C) groups is 1. The minimum atomic E-state index is -1.06. The molecule has 0 aromatic carbocycles. The number of aliphatic hydroxyl groups is 1. The first-order chi connectivity index (χ1) is 12.7. The summed E-state index contributed by atoms with van der Waals surface area (Å²) in [6.07, 6.45) is 3.79. The Kier molecular flexibility index (Phi) is 7.07. The topological polar surface area (TPSA) is 87.6 Å². The van der Waals surface area contributed by atoms with Gasteiger partial charge < -0.3 is 24.7 Å². The van der Waals surface area contributed by atoms with Gasteiger partial charge in [0.2, 0.25) is 0 Å². The predicted molar refractivity (Wildman–Crippen MR) is 108 cm³/mol. The van der Waals surface area contributed by atoms with E-state index in [9.17, 15) is 5.11 Å². The monoisotopic (exact) mass is 375 g/mol. The summed E-state index contributed by atoms with van der Waals surface area (Å²) in [6, 6.07) is 1.88. The molecule has 2 aromatic heterocycles. The molecule has 0 aliphatic heterocycles. The maximum atomic E-state index is 10.9. The third-order valence-corrected chi connectivity index (χ3v) is 4.31. The molecule has 7 heteroatoms. The zero-order chi connectivity index (χ0) is 20.0. The predicted octanol–water partition coefficient (Wildman–Crippen LogP) is 2.71. The van der Waals surface area contributed by atoms with Gasteiger partial charge in [-0.25, -0.2) is 9.98 Å². The first kappa shape index (κ1) is 21.0. The van der Waals surface area contributed by atoms with Gasteiger partial charge in [-0.3, -0.25) is 0 Å². The fraction of sp³-hybridized carbons (Fsp3) is 0.600. The second kappa shape index (κ2) is 9.08. The van der Waals surface area contributed by atoms with Crippen LogP contribution in [0.4, 0.5) is 0 Å². The van der Waals surface area contributed by atoms with Gasteiger partial charge in [-0.05, 0) is 39.7 Å². The minimum absolute atomic E-state index is 0.319. The zero-order valence-corrected chi connectivity index (χ0v) is 17.3. The van der Waals surface area contributed by atoms with Crippen molar-refractivity contribution < 1.29 is 9.52 Å². The van der Waals surface area contributed by atoms with Crippen LogP contribution in [0.25, 0.3) is 0 Å². The van der Waals surface area contributed by atoms with Crippen LogP contribution in [0.1, 0.15) is 50.6 Å². The number of aryl methyl sites for hydroxylation is 2. The Bertz CT molecular complexity index is 758. The van der Waals surface area contributed by atoms with E-state index in [1.54, 1.807) is 6.92 Å². The molecule has 3 N–H and O–H groups in total. The Morgan fingerprint density at radius 2 is 2.11 bits per heavy atom. The van der Waals surface area contributed by atoms with Crippen molar-refractivity contribution in [1.82, 2.24) is 20.2 Å². The smallest absolute Gasteiger partial charge is 0.191 e. The Balaban J connectivity index is 2.05. The number of rotatable bonds is 8. The van der Waals surface area contributed by atoms with Crippen LogP contribution in [0, 0.1) is 19.8 Å². The fourth-order valence-electron chi connectivity index (χ4n) is 3.06. The first-order valence-electron chi connectivity index (χ1n) is 9.55. The molecule has 2 aromatic rings. The molecule has 27 heavy (non-hydrogen) atoms. The maximum absolute atomic E-state index is 10.9. The largest absolute Gasteiger partial charge is 0.466 e. The molecule has 1 atom stereocenters. The van der Waals surface area contributed by atoms with Crippen molar-refractivity contribution in [3.8, 4) is 0 Å². The van der Waals surface area contributed by atoms with E-state index < -0.39 is 5.60 Å². The number of hydrogen-bond donors (Lipinski definition) is 3. The second-order valence-corrected chi connectivity index (χ2v) is 7.54. The average molecular weight is 376 g/mol. The summed E-state index contributed by atoms with van der Waals surface area (Å²) in [7, 11) is 0. The third kappa shape index (κ3) is 5.85. The van der Waals surface area contributed by atoms with Gasteiger partial charge >= 0.3 is 0 Å². The first-order valence-corrected chi connectivity index (χ1v) is 9.55. The number of imidazole rings is 1. The van der Waals surface area contributed by atoms with Crippen molar-refractivity contribution in [3.05, 3.63) is 41.4 Å². The molecule has 0 spiro atoms. The van der Waals surface area contributed by atoms with E-state index in [-0.39, 0.29) is 0 Å². The minimum Gasteiger partial charge on any atom is -0.466 e. The summed E-state index contributed by atoms with van der Waals surface area (Å²) in [5.74, 6) is 3.64. The molecule has 0 bridgehead atoms. The van der Waals surface area contributed by atoms with Gasteiger partial charge in [-0.2, -0.15) is 0 Å². The van der Waals surface area contributed by atoms with E-state index >= 15 is 0 Å². The Morgan fingerprint density at radius 3 is 2.70 bits per heavy atom. The van der Waals surface area contributed by atoms with Crippen LogP contribution in [-0.4, -0.2) is 33.7 Å². The zero-order valence-electron chi connectivity index (χ0n) is 17.3. The average Bonchev–Trinajstić information content (AvgIpc) is 3.15. The summed E-state index contributed by atoms with van der Waals surface area (Å²) >= 11 is 0. The lowest BCUT2D eigenvalue weighted by Crippen LogP contribution is -2.44. The van der Waals surface area contributed by atoms with Crippen molar-refractivity contribution in [2.24, 2.45) is 10.9 Å². The summed E-state index contributed by atoms with van der Waals surface area (Å²) in [4.78, 5) is 9.04. The highest BCUT2D eigenvalue weighted by molar-refractivity contribution is 5.79. The van der Waals surface area contributed by atoms with Crippen molar-refractivity contribution >= 4 is 5.96 Å². The number of nitrogens with zero attached hydrogens (tertiary/aromatic N) is 3. The van der Waals surface area contributed by atoms with Gasteiger partial charge in [0.25, 0.3) is 0 Å². The number of hydrogen-bond acceptors (Lipinski definition) is 4. The number of nitrogens with one attached hydrogen (secondary N) is 2. The SMILES string of the molecule is CCNC(=NCc1nccn1CC(C)C)NCC(C)(O)c1cc(C)oc1C. The van der Waals surface area contributed by atoms with E-state index in [4.69, 9.17) is 4.42 Å². The molecule has 0 saturated carbocycles. The Hall–Kier alpha value is -2.28. The molecule has 2 heterocycles. The molecular weight excluding hydrogens is 342 g/mol. The molecule has 0 aliphatic rings. The van der Waals surface area contributed by atoms with Gasteiger partial charge in [0.1, 0.15) is 29.5 Å². The highest BCUT2D eigenvalue weighted by Gasteiger charge is 2.27. The van der Waals surface area contributed by atoms with Crippen molar-refractivity contribution in [2.45, 2.75) is 60.2 Å². The summed E-state index contributed by atoms with van der Waals surface area (Å²) in [6.45, 7) is 14.3. The van der Waals surface area contributed by atoms with Crippen LogP contribution in [0.3, 0.4) is 0 Å². The molecule has 0 saturated heterocycles.